The Labute approximate surface area is 205 Å². The van der Waals surface area contributed by atoms with Gasteiger partial charge in [0.15, 0.2) is 0 Å². The molecule has 3 aromatic carbocycles. The highest BCUT2D eigenvalue weighted by Gasteiger charge is 2.11. The average molecular weight is 522 g/mol. The SMILES string of the molecule is C#CCOc1ccc(/C=C(\C#N)C(=O)Nc2ccc(OCc3ccc(Br)cc3)cc2)cc1Cl. The van der Waals surface area contributed by atoms with Gasteiger partial charge in [-0.1, -0.05) is 51.7 Å². The number of hydrogen-bond donors (Lipinski definition) is 1. The van der Waals surface area contributed by atoms with E-state index in [1.165, 1.54) is 6.08 Å². The van der Waals surface area contributed by atoms with Gasteiger partial charge in [0.2, 0.25) is 0 Å². The van der Waals surface area contributed by atoms with Crippen molar-refractivity contribution in [2.75, 3.05) is 11.9 Å². The molecule has 0 aliphatic heterocycles. The number of amides is 1. The summed E-state index contributed by atoms with van der Waals surface area (Å²) in [6, 6.07) is 21.6. The van der Waals surface area contributed by atoms with Crippen LogP contribution in [0.2, 0.25) is 5.02 Å². The second kappa shape index (κ2) is 11.8. The Morgan fingerprint density at radius 2 is 1.82 bits per heavy atom. The lowest BCUT2D eigenvalue weighted by Gasteiger charge is -2.09. The van der Waals surface area contributed by atoms with E-state index >= 15 is 0 Å². The van der Waals surface area contributed by atoms with Crippen LogP contribution < -0.4 is 14.8 Å². The predicted molar refractivity (Wildman–Crippen MR) is 133 cm³/mol. The summed E-state index contributed by atoms with van der Waals surface area (Å²) in [6.07, 6.45) is 6.62. The summed E-state index contributed by atoms with van der Waals surface area (Å²) in [6.45, 7) is 0.518. The smallest absolute Gasteiger partial charge is 0.266 e. The van der Waals surface area contributed by atoms with Crippen molar-refractivity contribution in [3.63, 3.8) is 0 Å². The molecule has 3 aromatic rings. The van der Waals surface area contributed by atoms with E-state index in [0.717, 1.165) is 10.0 Å². The van der Waals surface area contributed by atoms with Gasteiger partial charge < -0.3 is 14.8 Å². The van der Waals surface area contributed by atoms with Gasteiger partial charge in [0.25, 0.3) is 5.91 Å². The number of rotatable bonds is 8. The highest BCUT2D eigenvalue weighted by Crippen LogP contribution is 2.26. The summed E-state index contributed by atoms with van der Waals surface area (Å²) in [5.74, 6) is 2.91. The molecular weight excluding hydrogens is 504 g/mol. The molecule has 3 rings (SSSR count). The van der Waals surface area contributed by atoms with Crippen LogP contribution in [0.3, 0.4) is 0 Å². The molecule has 164 valence electrons. The van der Waals surface area contributed by atoms with Crippen molar-refractivity contribution in [1.29, 1.82) is 5.26 Å². The second-order valence-electron chi connectivity index (χ2n) is 6.75. The first-order chi connectivity index (χ1) is 16.0. The van der Waals surface area contributed by atoms with E-state index in [1.54, 1.807) is 42.5 Å². The van der Waals surface area contributed by atoms with Crippen molar-refractivity contribution in [3.05, 3.63) is 92.9 Å². The van der Waals surface area contributed by atoms with Gasteiger partial charge in [-0.3, -0.25) is 4.79 Å². The number of hydrogen-bond acceptors (Lipinski definition) is 4. The fraction of sp³-hybridized carbons (Fsp3) is 0.0769. The molecule has 0 unspecified atom stereocenters. The Hall–Kier alpha value is -3.71. The molecule has 33 heavy (non-hydrogen) atoms. The highest BCUT2D eigenvalue weighted by molar-refractivity contribution is 9.10. The van der Waals surface area contributed by atoms with Crippen LogP contribution in [-0.2, 0) is 11.4 Å². The molecule has 0 spiro atoms. The van der Waals surface area contributed by atoms with Crippen LogP contribution in [0.4, 0.5) is 5.69 Å². The van der Waals surface area contributed by atoms with Crippen molar-refractivity contribution in [2.24, 2.45) is 0 Å². The Balaban J connectivity index is 1.62. The largest absolute Gasteiger partial charge is 0.489 e. The van der Waals surface area contributed by atoms with Crippen LogP contribution in [0.15, 0.2) is 76.8 Å². The van der Waals surface area contributed by atoms with Crippen LogP contribution in [0.25, 0.3) is 6.08 Å². The zero-order chi connectivity index (χ0) is 23.6. The molecular formula is C26H18BrClN2O3. The van der Waals surface area contributed by atoms with Crippen LogP contribution in [0.5, 0.6) is 11.5 Å². The van der Waals surface area contributed by atoms with Gasteiger partial charge in [0, 0.05) is 10.2 Å². The summed E-state index contributed by atoms with van der Waals surface area (Å²) in [4.78, 5) is 12.5. The Morgan fingerprint density at radius 1 is 1.09 bits per heavy atom. The van der Waals surface area contributed by atoms with Crippen molar-refractivity contribution in [2.45, 2.75) is 6.61 Å². The first-order valence-electron chi connectivity index (χ1n) is 9.75. The molecule has 0 radical (unpaired) electrons. The van der Waals surface area contributed by atoms with Crippen molar-refractivity contribution in [3.8, 4) is 29.9 Å². The van der Waals surface area contributed by atoms with E-state index in [1.807, 2.05) is 30.3 Å². The van der Waals surface area contributed by atoms with E-state index < -0.39 is 5.91 Å². The third kappa shape index (κ3) is 7.15. The number of nitriles is 1. The fourth-order valence-electron chi connectivity index (χ4n) is 2.74. The maximum absolute atomic E-state index is 12.5. The normalized spacial score (nSPS) is 10.6. The van der Waals surface area contributed by atoms with Crippen molar-refractivity contribution >= 4 is 45.2 Å². The van der Waals surface area contributed by atoms with Gasteiger partial charge in [-0.15, -0.1) is 6.42 Å². The van der Waals surface area contributed by atoms with Gasteiger partial charge in [-0.05, 0) is 65.7 Å². The van der Waals surface area contributed by atoms with Gasteiger partial charge in [-0.2, -0.15) is 5.26 Å². The lowest BCUT2D eigenvalue weighted by atomic mass is 10.1. The van der Waals surface area contributed by atoms with Crippen molar-refractivity contribution < 1.29 is 14.3 Å². The summed E-state index contributed by atoms with van der Waals surface area (Å²) < 4.78 is 12.1. The van der Waals surface area contributed by atoms with E-state index in [-0.39, 0.29) is 12.2 Å². The third-order valence-electron chi connectivity index (χ3n) is 4.37. The molecule has 1 amide bonds. The maximum Gasteiger partial charge on any atom is 0.266 e. The lowest BCUT2D eigenvalue weighted by Crippen LogP contribution is -2.13. The molecule has 0 aliphatic carbocycles. The molecule has 0 bridgehead atoms. The number of nitrogens with one attached hydrogen (secondary N) is 1. The lowest BCUT2D eigenvalue weighted by molar-refractivity contribution is -0.112. The second-order valence-corrected chi connectivity index (χ2v) is 8.07. The summed E-state index contributed by atoms with van der Waals surface area (Å²) in [7, 11) is 0. The molecule has 0 aromatic heterocycles. The summed E-state index contributed by atoms with van der Waals surface area (Å²) in [5, 5.41) is 12.5. The standard InChI is InChI=1S/C26H18BrClN2O3/c1-2-13-32-25-12-5-19(15-24(25)28)14-20(16-29)26(31)30-22-8-10-23(11-9-22)33-17-18-3-6-21(27)7-4-18/h1,3-12,14-15H,13,17H2,(H,30,31)/b20-14+. The first kappa shape index (κ1) is 23.9. The number of nitrogens with zero attached hydrogens (tertiary/aromatic N) is 1. The quantitative estimate of drug-likeness (QED) is 0.216. The number of anilines is 1. The number of terminal acetylenes is 1. The van der Waals surface area contributed by atoms with Crippen LogP contribution >= 0.6 is 27.5 Å². The van der Waals surface area contributed by atoms with Crippen LogP contribution in [0.1, 0.15) is 11.1 Å². The average Bonchev–Trinajstić information content (AvgIpc) is 2.82. The van der Waals surface area contributed by atoms with Gasteiger partial charge in [0.1, 0.15) is 36.4 Å². The minimum Gasteiger partial charge on any atom is -0.489 e. The number of ether oxygens (including phenoxy) is 2. The number of carbonyl (C=O) groups is 1. The maximum atomic E-state index is 12.5. The minimum atomic E-state index is -0.537. The Morgan fingerprint density at radius 3 is 2.45 bits per heavy atom. The summed E-state index contributed by atoms with van der Waals surface area (Å²) in [5.41, 5.74) is 2.08. The monoisotopic (exact) mass is 520 g/mol. The van der Waals surface area contributed by atoms with Gasteiger partial charge >= 0.3 is 0 Å². The fourth-order valence-corrected chi connectivity index (χ4v) is 3.25. The zero-order valence-corrected chi connectivity index (χ0v) is 19.7. The van der Waals surface area contributed by atoms with Crippen LogP contribution in [0, 0.1) is 23.7 Å². The highest BCUT2D eigenvalue weighted by atomic mass is 79.9. The van der Waals surface area contributed by atoms with E-state index in [9.17, 15) is 10.1 Å². The minimum absolute atomic E-state index is 0.0704. The van der Waals surface area contributed by atoms with Gasteiger partial charge in [-0.25, -0.2) is 0 Å². The number of halogens is 2. The van der Waals surface area contributed by atoms with E-state index in [2.05, 4.69) is 27.2 Å². The predicted octanol–water partition coefficient (Wildman–Crippen LogP) is 6.24. The molecule has 1 N–H and O–H groups in total. The molecule has 0 saturated carbocycles. The van der Waals surface area contributed by atoms with E-state index in [4.69, 9.17) is 27.5 Å². The van der Waals surface area contributed by atoms with Gasteiger partial charge in [0.05, 0.1) is 5.02 Å². The molecule has 5 nitrogen and oxygen atoms in total. The molecule has 0 heterocycles. The molecule has 0 atom stereocenters. The zero-order valence-electron chi connectivity index (χ0n) is 17.3. The molecule has 0 aliphatic rings. The molecule has 0 fully saturated rings. The third-order valence-corrected chi connectivity index (χ3v) is 5.20. The topological polar surface area (TPSA) is 71.3 Å². The number of carbonyl (C=O) groups excluding carboxylic acids is 1. The molecule has 7 heteroatoms. The Bertz CT molecular complexity index is 1240. The Kier molecular flexibility index (Phi) is 8.55. The van der Waals surface area contributed by atoms with Crippen molar-refractivity contribution in [1.82, 2.24) is 0 Å². The van der Waals surface area contributed by atoms with Crippen LogP contribution in [-0.4, -0.2) is 12.5 Å². The summed E-state index contributed by atoms with van der Waals surface area (Å²) >= 11 is 9.57. The first-order valence-corrected chi connectivity index (χ1v) is 10.9. The molecule has 0 saturated heterocycles. The van der Waals surface area contributed by atoms with E-state index in [0.29, 0.717) is 34.4 Å². The number of benzene rings is 3.